The number of carbonyl (C=O) groups is 1. The van der Waals surface area contributed by atoms with Crippen molar-refractivity contribution in [3.8, 4) is 5.75 Å². The minimum Gasteiger partial charge on any atom is -0.478 e. The maximum absolute atomic E-state index is 11.2. The summed E-state index contributed by atoms with van der Waals surface area (Å²) in [5.74, 6) is 1.18. The van der Waals surface area contributed by atoms with Crippen LogP contribution in [0, 0.1) is 0 Å². The van der Waals surface area contributed by atoms with Gasteiger partial charge in [-0.1, -0.05) is 6.92 Å². The van der Waals surface area contributed by atoms with Crippen LogP contribution in [0.15, 0.2) is 30.0 Å². The summed E-state index contributed by atoms with van der Waals surface area (Å²) in [6.45, 7) is 5.07. The number of aromatic carboxylic acids is 1. The van der Waals surface area contributed by atoms with Gasteiger partial charge in [-0.05, 0) is 31.2 Å². The lowest BCUT2D eigenvalue weighted by molar-refractivity contribution is 0.0696. The zero-order chi connectivity index (χ0) is 16.5. The highest BCUT2D eigenvalue weighted by Gasteiger charge is 2.16. The summed E-state index contributed by atoms with van der Waals surface area (Å²) in [5.41, 5.74) is 0.973. The van der Waals surface area contributed by atoms with E-state index in [0.29, 0.717) is 30.6 Å². The number of ether oxygens (including phenoxy) is 1. The van der Waals surface area contributed by atoms with Crippen LogP contribution < -0.4 is 9.64 Å². The second-order valence-electron chi connectivity index (χ2n) is 4.56. The average molecular weight is 346 g/mol. The van der Waals surface area contributed by atoms with Gasteiger partial charge in [0.1, 0.15) is 0 Å². The smallest absolute Gasteiger partial charge is 0.335 e. The van der Waals surface area contributed by atoms with Gasteiger partial charge < -0.3 is 14.7 Å². The van der Waals surface area contributed by atoms with Crippen molar-refractivity contribution in [3.05, 3.63) is 35.6 Å². The Hall–Kier alpha value is -1.39. The summed E-state index contributed by atoms with van der Waals surface area (Å²) in [4.78, 5) is 13.2. The van der Waals surface area contributed by atoms with Crippen LogP contribution in [0.4, 0.5) is 5.69 Å². The number of allylic oxidation sites excluding steroid dienone is 2. The first-order valence-electron chi connectivity index (χ1n) is 7.14. The fraction of sp³-hybridized carbons (Fsp3) is 0.438. The summed E-state index contributed by atoms with van der Waals surface area (Å²) in [6, 6.07) is 4.83. The molecule has 6 heteroatoms. The number of hydrogen-bond donors (Lipinski definition) is 1. The Morgan fingerprint density at radius 1 is 1.32 bits per heavy atom. The first-order valence-corrected chi connectivity index (χ1v) is 8.21. The van der Waals surface area contributed by atoms with Crippen molar-refractivity contribution in [2.45, 2.75) is 20.3 Å². The van der Waals surface area contributed by atoms with Gasteiger partial charge in [-0.3, -0.25) is 0 Å². The van der Waals surface area contributed by atoms with E-state index in [1.807, 2.05) is 24.8 Å². The van der Waals surface area contributed by atoms with Crippen LogP contribution in [0.2, 0.25) is 0 Å². The first-order chi connectivity index (χ1) is 10.6. The van der Waals surface area contributed by atoms with E-state index in [4.69, 9.17) is 33.0 Å². The minimum atomic E-state index is -0.990. The summed E-state index contributed by atoms with van der Waals surface area (Å²) in [6.07, 6.45) is 2.59. The van der Waals surface area contributed by atoms with Crippen LogP contribution >= 0.6 is 23.2 Å². The Labute approximate surface area is 141 Å². The molecule has 0 heterocycles. The van der Waals surface area contributed by atoms with Crippen LogP contribution in [-0.2, 0) is 0 Å². The SMILES string of the molecule is CC=C(CC)Oc1cc(C(=O)O)ccc1N(CCCl)CCCl. The van der Waals surface area contributed by atoms with Crippen LogP contribution in [0.3, 0.4) is 0 Å². The van der Waals surface area contributed by atoms with E-state index >= 15 is 0 Å². The van der Waals surface area contributed by atoms with E-state index in [0.717, 1.165) is 17.9 Å². The van der Waals surface area contributed by atoms with Gasteiger partial charge >= 0.3 is 5.97 Å². The van der Waals surface area contributed by atoms with Crippen molar-refractivity contribution in [1.29, 1.82) is 0 Å². The monoisotopic (exact) mass is 345 g/mol. The number of carboxylic acids is 1. The molecule has 4 nitrogen and oxygen atoms in total. The normalized spacial score (nSPS) is 11.4. The molecule has 122 valence electrons. The van der Waals surface area contributed by atoms with E-state index in [2.05, 4.69) is 0 Å². The number of hydrogen-bond acceptors (Lipinski definition) is 3. The van der Waals surface area contributed by atoms with Crippen molar-refractivity contribution < 1.29 is 14.6 Å². The molecule has 0 aliphatic heterocycles. The molecule has 0 aromatic heterocycles. The Balaban J connectivity index is 3.25. The molecule has 1 aromatic carbocycles. The predicted molar refractivity (Wildman–Crippen MR) is 91.7 cm³/mol. The molecule has 0 bridgehead atoms. The van der Waals surface area contributed by atoms with E-state index < -0.39 is 5.97 Å². The van der Waals surface area contributed by atoms with E-state index in [-0.39, 0.29) is 5.56 Å². The fourth-order valence-electron chi connectivity index (χ4n) is 2.02. The van der Waals surface area contributed by atoms with Gasteiger partial charge in [-0.2, -0.15) is 0 Å². The summed E-state index contributed by atoms with van der Waals surface area (Å²) >= 11 is 11.7. The van der Waals surface area contributed by atoms with Crippen LogP contribution in [0.1, 0.15) is 30.6 Å². The molecule has 1 rings (SSSR count). The number of carboxylic acid groups (broad SMARTS) is 1. The summed E-state index contributed by atoms with van der Waals surface area (Å²) in [7, 11) is 0. The third-order valence-electron chi connectivity index (χ3n) is 3.17. The van der Waals surface area contributed by atoms with Gasteiger partial charge in [0.15, 0.2) is 5.75 Å². The molecule has 1 aromatic rings. The van der Waals surface area contributed by atoms with E-state index in [9.17, 15) is 4.79 Å². The molecule has 0 saturated heterocycles. The second-order valence-corrected chi connectivity index (χ2v) is 5.32. The van der Waals surface area contributed by atoms with E-state index in [1.54, 1.807) is 12.1 Å². The topological polar surface area (TPSA) is 49.8 Å². The van der Waals surface area contributed by atoms with Crippen molar-refractivity contribution in [2.24, 2.45) is 0 Å². The molecule has 0 amide bonds. The fourth-order valence-corrected chi connectivity index (χ4v) is 2.43. The van der Waals surface area contributed by atoms with Gasteiger partial charge in [-0.25, -0.2) is 4.79 Å². The van der Waals surface area contributed by atoms with Gasteiger partial charge in [0.25, 0.3) is 0 Å². The van der Waals surface area contributed by atoms with E-state index in [1.165, 1.54) is 6.07 Å². The second kappa shape index (κ2) is 9.59. The van der Waals surface area contributed by atoms with Crippen LogP contribution in [0.25, 0.3) is 0 Å². The number of halogens is 2. The maximum Gasteiger partial charge on any atom is 0.335 e. The number of rotatable bonds is 9. The van der Waals surface area contributed by atoms with Crippen molar-refractivity contribution in [3.63, 3.8) is 0 Å². The van der Waals surface area contributed by atoms with Gasteiger partial charge in [0, 0.05) is 31.3 Å². The Bertz CT molecular complexity index is 526. The summed E-state index contributed by atoms with van der Waals surface area (Å²) in [5, 5.41) is 9.17. The van der Waals surface area contributed by atoms with Crippen molar-refractivity contribution in [2.75, 3.05) is 29.7 Å². The minimum absolute atomic E-state index is 0.182. The third kappa shape index (κ3) is 5.11. The highest BCUT2D eigenvalue weighted by molar-refractivity contribution is 6.18. The van der Waals surface area contributed by atoms with Gasteiger partial charge in [0.2, 0.25) is 0 Å². The molecular weight excluding hydrogens is 325 g/mol. The predicted octanol–water partition coefficient (Wildman–Crippen LogP) is 4.36. The standard InChI is InChI=1S/C16H21Cl2NO3/c1-3-13(4-2)22-15-11-12(16(20)21)5-6-14(15)19(9-7-17)10-8-18/h3,5-6,11H,4,7-10H2,1-2H3,(H,20,21). The molecule has 0 unspecified atom stereocenters. The quantitative estimate of drug-likeness (QED) is 0.533. The lowest BCUT2D eigenvalue weighted by Crippen LogP contribution is -2.28. The highest BCUT2D eigenvalue weighted by atomic mass is 35.5. The maximum atomic E-state index is 11.2. The van der Waals surface area contributed by atoms with Crippen LogP contribution in [0.5, 0.6) is 5.75 Å². The Kier molecular flexibility index (Phi) is 8.13. The average Bonchev–Trinajstić information content (AvgIpc) is 2.52. The number of benzene rings is 1. The Morgan fingerprint density at radius 2 is 1.95 bits per heavy atom. The molecule has 0 fully saturated rings. The first kappa shape index (κ1) is 18.7. The highest BCUT2D eigenvalue weighted by Crippen LogP contribution is 2.32. The number of anilines is 1. The zero-order valence-corrected chi connectivity index (χ0v) is 14.3. The molecule has 1 N–H and O–H groups in total. The largest absolute Gasteiger partial charge is 0.478 e. The van der Waals surface area contributed by atoms with Crippen molar-refractivity contribution >= 4 is 34.9 Å². The summed E-state index contributed by atoms with van der Waals surface area (Å²) < 4.78 is 5.88. The van der Waals surface area contributed by atoms with Crippen molar-refractivity contribution in [1.82, 2.24) is 0 Å². The van der Waals surface area contributed by atoms with Gasteiger partial charge in [0.05, 0.1) is 17.0 Å². The van der Waals surface area contributed by atoms with Crippen LogP contribution in [-0.4, -0.2) is 35.9 Å². The van der Waals surface area contributed by atoms with Gasteiger partial charge in [-0.15, -0.1) is 23.2 Å². The third-order valence-corrected chi connectivity index (χ3v) is 3.51. The molecule has 0 aliphatic carbocycles. The molecule has 22 heavy (non-hydrogen) atoms. The number of nitrogens with zero attached hydrogens (tertiary/aromatic N) is 1. The Morgan fingerprint density at radius 3 is 2.41 bits per heavy atom. The molecule has 0 aliphatic rings. The molecule has 0 spiro atoms. The lowest BCUT2D eigenvalue weighted by Gasteiger charge is -2.26. The zero-order valence-electron chi connectivity index (χ0n) is 12.8. The number of alkyl halides is 2. The molecule has 0 saturated carbocycles. The lowest BCUT2D eigenvalue weighted by atomic mass is 10.1. The molecule has 0 radical (unpaired) electrons. The molecular formula is C16H21Cl2NO3. The molecule has 0 atom stereocenters.